The Labute approximate surface area is 97.7 Å². The standard InChI is InChI=1S/C12H22N4/c1-10-9-15(3)12(14-10)16-6-4-11(5-7-16)8-13-2/h9,11,13H,4-8H2,1-3H3. The van der Waals surface area contributed by atoms with Gasteiger partial charge in [-0.2, -0.15) is 0 Å². The van der Waals surface area contributed by atoms with Gasteiger partial charge in [-0.15, -0.1) is 0 Å². The fraction of sp³-hybridized carbons (Fsp3) is 0.750. The Morgan fingerprint density at radius 3 is 2.62 bits per heavy atom. The van der Waals surface area contributed by atoms with E-state index < -0.39 is 0 Å². The molecule has 1 aliphatic heterocycles. The summed E-state index contributed by atoms with van der Waals surface area (Å²) in [7, 11) is 4.11. The third kappa shape index (κ3) is 2.38. The van der Waals surface area contributed by atoms with Crippen LogP contribution in [0.4, 0.5) is 5.95 Å². The van der Waals surface area contributed by atoms with E-state index >= 15 is 0 Å². The van der Waals surface area contributed by atoms with E-state index in [-0.39, 0.29) is 0 Å². The highest BCUT2D eigenvalue weighted by molar-refractivity contribution is 5.33. The van der Waals surface area contributed by atoms with E-state index in [9.17, 15) is 0 Å². The van der Waals surface area contributed by atoms with Gasteiger partial charge in [0.15, 0.2) is 0 Å². The molecule has 0 spiro atoms. The number of hydrogen-bond donors (Lipinski definition) is 1. The number of piperidine rings is 1. The number of imidazole rings is 1. The second-order valence-corrected chi connectivity index (χ2v) is 4.78. The molecular formula is C12H22N4. The molecule has 16 heavy (non-hydrogen) atoms. The topological polar surface area (TPSA) is 33.1 Å². The summed E-state index contributed by atoms with van der Waals surface area (Å²) < 4.78 is 2.13. The predicted molar refractivity (Wildman–Crippen MR) is 66.8 cm³/mol. The molecule has 0 radical (unpaired) electrons. The number of aryl methyl sites for hydroxylation is 2. The zero-order valence-electron chi connectivity index (χ0n) is 10.5. The van der Waals surface area contributed by atoms with Crippen molar-refractivity contribution >= 4 is 5.95 Å². The summed E-state index contributed by atoms with van der Waals surface area (Å²) in [5.74, 6) is 1.96. The van der Waals surface area contributed by atoms with Gasteiger partial charge in [0.1, 0.15) is 0 Å². The van der Waals surface area contributed by atoms with Gasteiger partial charge in [-0.25, -0.2) is 4.98 Å². The molecule has 0 aromatic carbocycles. The van der Waals surface area contributed by atoms with E-state index in [0.717, 1.165) is 37.2 Å². The summed E-state index contributed by atoms with van der Waals surface area (Å²) in [6, 6.07) is 0. The molecule has 1 aromatic heterocycles. The molecule has 2 heterocycles. The summed E-state index contributed by atoms with van der Waals surface area (Å²) in [5.41, 5.74) is 1.11. The Hall–Kier alpha value is -1.03. The average molecular weight is 222 g/mol. The first-order chi connectivity index (χ1) is 7.70. The minimum absolute atomic E-state index is 0.836. The molecule has 0 aliphatic carbocycles. The summed E-state index contributed by atoms with van der Waals surface area (Å²) in [5, 5.41) is 3.27. The van der Waals surface area contributed by atoms with Crippen LogP contribution in [0.1, 0.15) is 18.5 Å². The van der Waals surface area contributed by atoms with Crippen molar-refractivity contribution in [2.75, 3.05) is 31.6 Å². The minimum Gasteiger partial charge on any atom is -0.342 e. The average Bonchev–Trinajstić information content (AvgIpc) is 2.59. The van der Waals surface area contributed by atoms with E-state index in [1.54, 1.807) is 0 Å². The molecule has 90 valence electrons. The van der Waals surface area contributed by atoms with Gasteiger partial charge < -0.3 is 14.8 Å². The number of hydrogen-bond acceptors (Lipinski definition) is 3. The van der Waals surface area contributed by atoms with Gasteiger partial charge in [0.2, 0.25) is 5.95 Å². The number of rotatable bonds is 3. The van der Waals surface area contributed by atoms with Gasteiger partial charge in [-0.05, 0) is 39.3 Å². The largest absolute Gasteiger partial charge is 0.342 e. The van der Waals surface area contributed by atoms with Crippen LogP contribution >= 0.6 is 0 Å². The van der Waals surface area contributed by atoms with Crippen LogP contribution < -0.4 is 10.2 Å². The smallest absolute Gasteiger partial charge is 0.205 e. The molecule has 1 N–H and O–H groups in total. The van der Waals surface area contributed by atoms with Gasteiger partial charge in [0, 0.05) is 26.3 Å². The van der Waals surface area contributed by atoms with Crippen LogP contribution in [0.25, 0.3) is 0 Å². The lowest BCUT2D eigenvalue weighted by molar-refractivity contribution is 0.389. The van der Waals surface area contributed by atoms with E-state index in [4.69, 9.17) is 0 Å². The van der Waals surface area contributed by atoms with Crippen LogP contribution in [0.2, 0.25) is 0 Å². The van der Waals surface area contributed by atoms with Crippen LogP contribution in [0.15, 0.2) is 6.20 Å². The first-order valence-electron chi connectivity index (χ1n) is 6.10. The third-order valence-electron chi connectivity index (χ3n) is 3.36. The van der Waals surface area contributed by atoms with Crippen LogP contribution in [0.5, 0.6) is 0 Å². The number of nitrogens with zero attached hydrogens (tertiary/aromatic N) is 3. The molecule has 2 rings (SSSR count). The molecule has 0 bridgehead atoms. The predicted octanol–water partition coefficient (Wildman–Crippen LogP) is 1.16. The SMILES string of the molecule is CNCC1CCN(c2nc(C)cn2C)CC1. The minimum atomic E-state index is 0.836. The fourth-order valence-corrected chi connectivity index (χ4v) is 2.52. The van der Waals surface area contributed by atoms with Crippen molar-refractivity contribution in [1.82, 2.24) is 14.9 Å². The van der Waals surface area contributed by atoms with E-state index in [2.05, 4.69) is 39.9 Å². The molecule has 0 atom stereocenters. The van der Waals surface area contributed by atoms with Crippen LogP contribution in [0, 0.1) is 12.8 Å². The highest BCUT2D eigenvalue weighted by Gasteiger charge is 2.21. The van der Waals surface area contributed by atoms with E-state index in [1.165, 1.54) is 12.8 Å². The van der Waals surface area contributed by atoms with Gasteiger partial charge in [0.05, 0.1) is 5.69 Å². The number of aromatic nitrogens is 2. The molecule has 1 saturated heterocycles. The maximum Gasteiger partial charge on any atom is 0.205 e. The van der Waals surface area contributed by atoms with Crippen molar-refractivity contribution in [2.24, 2.45) is 13.0 Å². The van der Waals surface area contributed by atoms with Crippen molar-refractivity contribution in [1.29, 1.82) is 0 Å². The molecular weight excluding hydrogens is 200 g/mol. The lowest BCUT2D eigenvalue weighted by Gasteiger charge is -2.32. The Morgan fingerprint density at radius 2 is 2.12 bits per heavy atom. The number of anilines is 1. The lowest BCUT2D eigenvalue weighted by Crippen LogP contribution is -2.37. The van der Waals surface area contributed by atoms with Crippen molar-refractivity contribution in [3.05, 3.63) is 11.9 Å². The van der Waals surface area contributed by atoms with Crippen molar-refractivity contribution < 1.29 is 0 Å². The Morgan fingerprint density at radius 1 is 1.44 bits per heavy atom. The summed E-state index contributed by atoms with van der Waals surface area (Å²) in [6.07, 6.45) is 4.63. The third-order valence-corrected chi connectivity index (χ3v) is 3.36. The summed E-state index contributed by atoms with van der Waals surface area (Å²) >= 11 is 0. The second kappa shape index (κ2) is 4.87. The van der Waals surface area contributed by atoms with E-state index in [1.807, 2.05) is 7.05 Å². The first-order valence-corrected chi connectivity index (χ1v) is 6.10. The molecule has 0 saturated carbocycles. The molecule has 0 unspecified atom stereocenters. The Balaban J connectivity index is 1.96. The fourth-order valence-electron chi connectivity index (χ4n) is 2.52. The quantitative estimate of drug-likeness (QED) is 0.833. The normalized spacial score (nSPS) is 18.1. The Bertz CT molecular complexity index is 337. The number of nitrogens with one attached hydrogen (secondary N) is 1. The van der Waals surface area contributed by atoms with Crippen molar-refractivity contribution in [2.45, 2.75) is 19.8 Å². The van der Waals surface area contributed by atoms with Crippen LogP contribution in [-0.4, -0.2) is 36.2 Å². The molecule has 1 fully saturated rings. The maximum absolute atomic E-state index is 4.58. The molecule has 4 heteroatoms. The zero-order valence-corrected chi connectivity index (χ0v) is 10.5. The second-order valence-electron chi connectivity index (χ2n) is 4.78. The van der Waals surface area contributed by atoms with Gasteiger partial charge >= 0.3 is 0 Å². The van der Waals surface area contributed by atoms with Crippen LogP contribution in [0.3, 0.4) is 0 Å². The molecule has 1 aromatic rings. The Kier molecular flexibility index (Phi) is 3.49. The van der Waals surface area contributed by atoms with Crippen molar-refractivity contribution in [3.8, 4) is 0 Å². The maximum atomic E-state index is 4.58. The molecule has 4 nitrogen and oxygen atoms in total. The molecule has 1 aliphatic rings. The van der Waals surface area contributed by atoms with Gasteiger partial charge in [-0.1, -0.05) is 0 Å². The van der Waals surface area contributed by atoms with E-state index in [0.29, 0.717) is 0 Å². The zero-order chi connectivity index (χ0) is 11.5. The summed E-state index contributed by atoms with van der Waals surface area (Å²) in [6.45, 7) is 5.47. The monoisotopic (exact) mass is 222 g/mol. The van der Waals surface area contributed by atoms with Gasteiger partial charge in [0.25, 0.3) is 0 Å². The molecule has 0 amide bonds. The van der Waals surface area contributed by atoms with Gasteiger partial charge in [-0.3, -0.25) is 0 Å². The van der Waals surface area contributed by atoms with Crippen LogP contribution in [-0.2, 0) is 7.05 Å². The summed E-state index contributed by atoms with van der Waals surface area (Å²) in [4.78, 5) is 6.98. The highest BCUT2D eigenvalue weighted by atomic mass is 15.3. The first kappa shape index (κ1) is 11.5. The highest BCUT2D eigenvalue weighted by Crippen LogP contribution is 2.21. The van der Waals surface area contributed by atoms with Crippen molar-refractivity contribution in [3.63, 3.8) is 0 Å². The lowest BCUT2D eigenvalue weighted by atomic mass is 9.97.